The summed E-state index contributed by atoms with van der Waals surface area (Å²) in [5, 5.41) is 8.31. The molecule has 0 amide bonds. The summed E-state index contributed by atoms with van der Waals surface area (Å²) in [5.41, 5.74) is 0. The van der Waals surface area contributed by atoms with E-state index in [0.717, 1.165) is 0 Å². The third kappa shape index (κ3) is 11.4. The van der Waals surface area contributed by atoms with E-state index in [1.165, 1.54) is 0 Å². The zero-order chi connectivity index (χ0) is 10.1. The first-order chi connectivity index (χ1) is 6.13. The second-order valence-electron chi connectivity index (χ2n) is 3.03. The molecule has 0 unspecified atom stereocenters. The molecule has 0 heterocycles. The lowest BCUT2D eigenvalue weighted by molar-refractivity contribution is -0.137. The van der Waals surface area contributed by atoms with E-state index in [-0.39, 0.29) is 12.5 Å². The van der Waals surface area contributed by atoms with Crippen molar-refractivity contribution in [1.82, 2.24) is 0 Å². The highest BCUT2D eigenvalue weighted by Gasteiger charge is 1.96. The summed E-state index contributed by atoms with van der Waals surface area (Å²) in [5.74, 6) is -0.776. The second kappa shape index (κ2) is 8.01. The Morgan fingerprint density at radius 1 is 1.31 bits per heavy atom. The van der Waals surface area contributed by atoms with Crippen LogP contribution in [0.15, 0.2) is 0 Å². The molecule has 0 atom stereocenters. The van der Waals surface area contributed by atoms with Gasteiger partial charge in [-0.3, -0.25) is 4.79 Å². The molecule has 0 fully saturated rings. The quantitative estimate of drug-likeness (QED) is 0.586. The molecule has 0 aromatic rings. The van der Waals surface area contributed by atoms with Crippen molar-refractivity contribution < 1.29 is 19.4 Å². The van der Waals surface area contributed by atoms with Crippen molar-refractivity contribution in [3.63, 3.8) is 0 Å². The molecule has 0 aromatic heterocycles. The first-order valence-corrected chi connectivity index (χ1v) is 4.54. The summed E-state index contributed by atoms with van der Waals surface area (Å²) in [6, 6.07) is 0. The Labute approximate surface area is 78.8 Å². The molecular formula is C9H18O4. The van der Waals surface area contributed by atoms with Gasteiger partial charge in [0.05, 0.1) is 19.3 Å². The molecule has 0 radical (unpaired) electrons. The number of carboxylic acid groups (broad SMARTS) is 1. The van der Waals surface area contributed by atoms with Crippen LogP contribution in [-0.4, -0.2) is 37.0 Å². The topological polar surface area (TPSA) is 55.8 Å². The van der Waals surface area contributed by atoms with Crippen LogP contribution in [0.25, 0.3) is 0 Å². The molecule has 0 aliphatic carbocycles. The van der Waals surface area contributed by atoms with Crippen LogP contribution in [0.2, 0.25) is 0 Å². The lowest BCUT2D eigenvalue weighted by Gasteiger charge is -2.07. The minimum atomic E-state index is -0.776. The van der Waals surface area contributed by atoms with E-state index in [2.05, 4.69) is 0 Å². The average molecular weight is 190 g/mol. The molecule has 0 spiro atoms. The van der Waals surface area contributed by atoms with Gasteiger partial charge < -0.3 is 14.6 Å². The smallest absolute Gasteiger partial charge is 0.303 e. The minimum absolute atomic E-state index is 0.172. The van der Waals surface area contributed by atoms with Crippen molar-refractivity contribution in [3.05, 3.63) is 0 Å². The number of carbonyl (C=O) groups is 1. The third-order valence-corrected chi connectivity index (χ3v) is 1.36. The van der Waals surface area contributed by atoms with Crippen LogP contribution >= 0.6 is 0 Å². The first kappa shape index (κ1) is 12.4. The zero-order valence-corrected chi connectivity index (χ0v) is 8.28. The summed E-state index contributed by atoms with van der Waals surface area (Å²) in [6.45, 7) is 5.53. The van der Waals surface area contributed by atoms with Gasteiger partial charge in [0.2, 0.25) is 0 Å². The number of hydrogen-bond donors (Lipinski definition) is 1. The molecule has 0 saturated heterocycles. The van der Waals surface area contributed by atoms with E-state index in [4.69, 9.17) is 14.6 Å². The maximum atomic E-state index is 10.1. The van der Waals surface area contributed by atoms with Gasteiger partial charge in [-0.25, -0.2) is 0 Å². The van der Waals surface area contributed by atoms with Crippen molar-refractivity contribution >= 4 is 5.97 Å². The third-order valence-electron chi connectivity index (χ3n) is 1.36. The minimum Gasteiger partial charge on any atom is -0.481 e. The number of aliphatic carboxylic acids is 1. The Morgan fingerprint density at radius 3 is 2.54 bits per heavy atom. The van der Waals surface area contributed by atoms with Crippen molar-refractivity contribution in [1.29, 1.82) is 0 Å². The Balaban J connectivity index is 2.96. The molecule has 78 valence electrons. The fourth-order valence-electron chi connectivity index (χ4n) is 0.770. The van der Waals surface area contributed by atoms with Crippen LogP contribution < -0.4 is 0 Å². The number of hydrogen-bond acceptors (Lipinski definition) is 3. The molecule has 4 nitrogen and oxygen atoms in total. The van der Waals surface area contributed by atoms with Crippen molar-refractivity contribution in [2.75, 3.05) is 19.8 Å². The highest BCUT2D eigenvalue weighted by molar-refractivity contribution is 5.66. The van der Waals surface area contributed by atoms with Gasteiger partial charge in [0, 0.05) is 13.0 Å². The van der Waals surface area contributed by atoms with Gasteiger partial charge in [0.25, 0.3) is 0 Å². The second-order valence-corrected chi connectivity index (χ2v) is 3.03. The SMILES string of the molecule is CC(C)OCCOCCCC(=O)O. The Hall–Kier alpha value is -0.610. The molecule has 0 bridgehead atoms. The largest absolute Gasteiger partial charge is 0.481 e. The number of carboxylic acids is 1. The van der Waals surface area contributed by atoms with Gasteiger partial charge in [-0.15, -0.1) is 0 Å². The average Bonchev–Trinajstić information content (AvgIpc) is 2.01. The van der Waals surface area contributed by atoms with Gasteiger partial charge in [-0.05, 0) is 20.3 Å². The van der Waals surface area contributed by atoms with Crippen LogP contribution in [-0.2, 0) is 14.3 Å². The fraction of sp³-hybridized carbons (Fsp3) is 0.889. The number of rotatable bonds is 8. The maximum absolute atomic E-state index is 10.1. The summed E-state index contributed by atoms with van der Waals surface area (Å²) >= 11 is 0. The standard InChI is InChI=1S/C9H18O4/c1-8(2)13-7-6-12-5-3-4-9(10)11/h8H,3-7H2,1-2H3,(H,10,11). The molecule has 0 aliphatic heterocycles. The molecule has 0 rings (SSSR count). The summed E-state index contributed by atoms with van der Waals surface area (Å²) < 4.78 is 10.4. The van der Waals surface area contributed by atoms with Crippen molar-refractivity contribution in [2.45, 2.75) is 32.8 Å². The van der Waals surface area contributed by atoms with E-state index in [0.29, 0.717) is 26.2 Å². The molecule has 1 N–H and O–H groups in total. The molecule has 4 heteroatoms. The van der Waals surface area contributed by atoms with Crippen LogP contribution in [0, 0.1) is 0 Å². The molecule has 13 heavy (non-hydrogen) atoms. The van der Waals surface area contributed by atoms with Gasteiger partial charge in [0.15, 0.2) is 0 Å². The molecular weight excluding hydrogens is 172 g/mol. The Bertz CT molecular complexity index is 134. The van der Waals surface area contributed by atoms with E-state index in [1.807, 2.05) is 13.8 Å². The zero-order valence-electron chi connectivity index (χ0n) is 8.28. The fourth-order valence-corrected chi connectivity index (χ4v) is 0.770. The molecule has 0 aromatic carbocycles. The first-order valence-electron chi connectivity index (χ1n) is 4.54. The van der Waals surface area contributed by atoms with E-state index >= 15 is 0 Å². The summed E-state index contributed by atoms with van der Waals surface area (Å²) in [4.78, 5) is 10.1. The van der Waals surface area contributed by atoms with Crippen molar-refractivity contribution in [3.8, 4) is 0 Å². The Morgan fingerprint density at radius 2 is 2.00 bits per heavy atom. The predicted octanol–water partition coefficient (Wildman–Crippen LogP) is 1.29. The van der Waals surface area contributed by atoms with E-state index < -0.39 is 5.97 Å². The lowest BCUT2D eigenvalue weighted by atomic mass is 10.3. The maximum Gasteiger partial charge on any atom is 0.303 e. The monoisotopic (exact) mass is 190 g/mol. The molecule has 0 aliphatic rings. The summed E-state index contributed by atoms with van der Waals surface area (Å²) in [7, 11) is 0. The van der Waals surface area contributed by atoms with Crippen LogP contribution in [0.1, 0.15) is 26.7 Å². The highest BCUT2D eigenvalue weighted by Crippen LogP contribution is 1.91. The normalized spacial score (nSPS) is 10.7. The van der Waals surface area contributed by atoms with E-state index in [1.54, 1.807) is 0 Å². The Kier molecular flexibility index (Phi) is 7.63. The van der Waals surface area contributed by atoms with Crippen LogP contribution in [0.5, 0.6) is 0 Å². The van der Waals surface area contributed by atoms with Gasteiger partial charge in [-0.1, -0.05) is 0 Å². The summed E-state index contributed by atoms with van der Waals surface area (Å²) in [6.07, 6.45) is 0.963. The number of ether oxygens (including phenoxy) is 2. The molecule has 0 saturated carbocycles. The van der Waals surface area contributed by atoms with Crippen LogP contribution in [0.4, 0.5) is 0 Å². The lowest BCUT2D eigenvalue weighted by Crippen LogP contribution is -2.10. The highest BCUT2D eigenvalue weighted by atomic mass is 16.5. The van der Waals surface area contributed by atoms with Gasteiger partial charge in [0.1, 0.15) is 0 Å². The predicted molar refractivity (Wildman–Crippen MR) is 48.8 cm³/mol. The van der Waals surface area contributed by atoms with Crippen molar-refractivity contribution in [2.24, 2.45) is 0 Å². The van der Waals surface area contributed by atoms with Crippen LogP contribution in [0.3, 0.4) is 0 Å². The van der Waals surface area contributed by atoms with Gasteiger partial charge in [-0.2, -0.15) is 0 Å². The van der Waals surface area contributed by atoms with E-state index in [9.17, 15) is 4.79 Å². The van der Waals surface area contributed by atoms with Gasteiger partial charge >= 0.3 is 5.97 Å².